The third kappa shape index (κ3) is 3.63. The maximum absolute atomic E-state index is 12.0. The lowest BCUT2D eigenvalue weighted by Gasteiger charge is -2.36. The Labute approximate surface area is 141 Å². The molecule has 1 fully saturated rings. The molecule has 0 bridgehead atoms. The zero-order chi connectivity index (χ0) is 16.9. The van der Waals surface area contributed by atoms with Gasteiger partial charge < -0.3 is 10.5 Å². The highest BCUT2D eigenvalue weighted by Crippen LogP contribution is 2.27. The predicted octanol–water partition coefficient (Wildman–Crippen LogP) is 1.36. The monoisotopic (exact) mass is 329 g/mol. The minimum Gasteiger partial charge on any atom is -0.368 e. The summed E-state index contributed by atoms with van der Waals surface area (Å²) in [6, 6.07) is 9.13. The Hall–Kier alpha value is -2.25. The van der Waals surface area contributed by atoms with Gasteiger partial charge in [-0.1, -0.05) is 37.3 Å². The molecular formula is C17H23N5O2. The molecule has 7 heteroatoms. The van der Waals surface area contributed by atoms with Gasteiger partial charge in [-0.15, -0.1) is 0 Å². The molecule has 1 amide bonds. The van der Waals surface area contributed by atoms with Gasteiger partial charge >= 0.3 is 0 Å². The molecule has 0 aliphatic carbocycles. The van der Waals surface area contributed by atoms with E-state index in [4.69, 9.17) is 10.5 Å². The second-order valence-electron chi connectivity index (χ2n) is 5.96. The number of aryl methyl sites for hydroxylation is 1. The van der Waals surface area contributed by atoms with Gasteiger partial charge in [0.25, 0.3) is 0 Å². The van der Waals surface area contributed by atoms with Crippen LogP contribution in [0.15, 0.2) is 30.3 Å². The molecule has 1 aromatic heterocycles. The van der Waals surface area contributed by atoms with Crippen LogP contribution in [-0.2, 0) is 16.0 Å². The minimum atomic E-state index is -0.466. The molecule has 3 rings (SSSR count). The quantitative estimate of drug-likeness (QED) is 0.834. The van der Waals surface area contributed by atoms with Crippen LogP contribution in [0.25, 0.3) is 0 Å². The second-order valence-corrected chi connectivity index (χ2v) is 5.96. The molecule has 0 spiro atoms. The van der Waals surface area contributed by atoms with Gasteiger partial charge in [-0.3, -0.25) is 14.8 Å². The molecule has 0 radical (unpaired) electrons. The summed E-state index contributed by atoms with van der Waals surface area (Å²) in [6.07, 6.45) is 1.60. The number of benzene rings is 1. The zero-order valence-electron chi connectivity index (χ0n) is 13.8. The molecular weight excluding hydrogens is 306 g/mol. The lowest BCUT2D eigenvalue weighted by molar-refractivity contribution is -0.127. The van der Waals surface area contributed by atoms with Crippen molar-refractivity contribution in [3.05, 3.63) is 47.5 Å². The average molecular weight is 329 g/mol. The first-order valence-electron chi connectivity index (χ1n) is 8.30. The number of rotatable bonds is 6. The molecule has 3 N–H and O–H groups in total. The first kappa shape index (κ1) is 16.6. The number of aromatic amines is 1. The van der Waals surface area contributed by atoms with Crippen molar-refractivity contribution >= 4 is 5.91 Å². The Morgan fingerprint density at radius 3 is 2.96 bits per heavy atom. The van der Waals surface area contributed by atoms with Crippen LogP contribution in [0, 0.1) is 0 Å². The van der Waals surface area contributed by atoms with E-state index in [2.05, 4.69) is 22.1 Å². The molecule has 24 heavy (non-hydrogen) atoms. The number of nitrogens with two attached hydrogens (primary N) is 1. The van der Waals surface area contributed by atoms with Gasteiger partial charge in [0.05, 0.1) is 6.61 Å². The van der Waals surface area contributed by atoms with Crippen LogP contribution < -0.4 is 5.73 Å². The fourth-order valence-corrected chi connectivity index (χ4v) is 3.05. The van der Waals surface area contributed by atoms with Crippen LogP contribution in [0.5, 0.6) is 0 Å². The topological polar surface area (TPSA) is 97.1 Å². The normalized spacial score (nSPS) is 20.0. The van der Waals surface area contributed by atoms with E-state index in [0.29, 0.717) is 25.5 Å². The van der Waals surface area contributed by atoms with E-state index in [1.807, 2.05) is 35.2 Å². The van der Waals surface area contributed by atoms with E-state index in [-0.39, 0.29) is 12.0 Å². The molecule has 1 saturated heterocycles. The first-order chi connectivity index (χ1) is 11.7. The van der Waals surface area contributed by atoms with Gasteiger partial charge in [-0.2, -0.15) is 5.10 Å². The second kappa shape index (κ2) is 7.55. The van der Waals surface area contributed by atoms with Crippen LogP contribution in [0.3, 0.4) is 0 Å². The van der Waals surface area contributed by atoms with E-state index < -0.39 is 6.04 Å². The van der Waals surface area contributed by atoms with Crippen molar-refractivity contribution in [3.63, 3.8) is 0 Å². The third-order valence-corrected chi connectivity index (χ3v) is 4.17. The Morgan fingerprint density at radius 2 is 2.25 bits per heavy atom. The van der Waals surface area contributed by atoms with Crippen molar-refractivity contribution in [2.45, 2.75) is 31.9 Å². The highest BCUT2D eigenvalue weighted by atomic mass is 16.5. The number of H-pyrrole nitrogens is 1. The lowest BCUT2D eigenvalue weighted by atomic mass is 10.0. The molecule has 1 aromatic carbocycles. The lowest BCUT2D eigenvalue weighted by Crippen LogP contribution is -2.45. The van der Waals surface area contributed by atoms with E-state index >= 15 is 0 Å². The summed E-state index contributed by atoms with van der Waals surface area (Å²) in [6.45, 7) is 3.79. The number of carbonyl (C=O) groups excluding carboxylic acids is 1. The molecule has 128 valence electrons. The SMILES string of the molecule is CCCc1nc([C@H]2CN([C@@H](C(N)=O)c3ccccc3)CCO2)n[nH]1. The fourth-order valence-electron chi connectivity index (χ4n) is 3.05. The smallest absolute Gasteiger partial charge is 0.239 e. The highest BCUT2D eigenvalue weighted by molar-refractivity contribution is 5.81. The van der Waals surface area contributed by atoms with Crippen molar-refractivity contribution in [2.75, 3.05) is 19.7 Å². The average Bonchev–Trinajstić information content (AvgIpc) is 3.05. The van der Waals surface area contributed by atoms with Crippen LogP contribution in [0.2, 0.25) is 0 Å². The fraction of sp³-hybridized carbons (Fsp3) is 0.471. The number of hydrogen-bond acceptors (Lipinski definition) is 5. The third-order valence-electron chi connectivity index (χ3n) is 4.17. The molecule has 1 aliphatic rings. The molecule has 0 saturated carbocycles. The van der Waals surface area contributed by atoms with Gasteiger partial charge in [0.2, 0.25) is 5.91 Å². The van der Waals surface area contributed by atoms with E-state index in [0.717, 1.165) is 24.2 Å². The van der Waals surface area contributed by atoms with Gasteiger partial charge in [0.15, 0.2) is 5.82 Å². The summed E-state index contributed by atoms with van der Waals surface area (Å²) in [4.78, 5) is 18.6. The summed E-state index contributed by atoms with van der Waals surface area (Å²) in [5.41, 5.74) is 6.56. The van der Waals surface area contributed by atoms with Crippen molar-refractivity contribution in [1.82, 2.24) is 20.1 Å². The van der Waals surface area contributed by atoms with E-state index in [9.17, 15) is 4.79 Å². The molecule has 2 heterocycles. The molecule has 2 atom stereocenters. The largest absolute Gasteiger partial charge is 0.368 e. The van der Waals surface area contributed by atoms with Crippen LogP contribution in [0.4, 0.5) is 0 Å². The summed E-state index contributed by atoms with van der Waals surface area (Å²) < 4.78 is 5.81. The Bertz CT molecular complexity index is 673. The number of nitrogens with one attached hydrogen (secondary N) is 1. The number of ether oxygens (including phenoxy) is 1. The maximum atomic E-state index is 12.0. The Morgan fingerprint density at radius 1 is 1.46 bits per heavy atom. The number of morpholine rings is 1. The van der Waals surface area contributed by atoms with Crippen molar-refractivity contribution in [1.29, 1.82) is 0 Å². The molecule has 0 unspecified atom stereocenters. The van der Waals surface area contributed by atoms with E-state index in [1.165, 1.54) is 0 Å². The van der Waals surface area contributed by atoms with Gasteiger partial charge in [0.1, 0.15) is 18.0 Å². The van der Waals surface area contributed by atoms with Gasteiger partial charge in [-0.25, -0.2) is 4.98 Å². The first-order valence-corrected chi connectivity index (χ1v) is 8.30. The Kier molecular flexibility index (Phi) is 5.22. The van der Waals surface area contributed by atoms with Gasteiger partial charge in [0, 0.05) is 19.5 Å². The van der Waals surface area contributed by atoms with Crippen LogP contribution in [-0.4, -0.2) is 45.7 Å². The summed E-state index contributed by atoms with van der Waals surface area (Å²) >= 11 is 0. The van der Waals surface area contributed by atoms with Crippen molar-refractivity contribution in [3.8, 4) is 0 Å². The number of amides is 1. The zero-order valence-corrected chi connectivity index (χ0v) is 13.8. The summed E-state index contributed by atoms with van der Waals surface area (Å²) in [5.74, 6) is 1.14. The van der Waals surface area contributed by atoms with Crippen molar-refractivity contribution in [2.24, 2.45) is 5.73 Å². The highest BCUT2D eigenvalue weighted by Gasteiger charge is 2.33. The number of aromatic nitrogens is 3. The van der Waals surface area contributed by atoms with Crippen LogP contribution >= 0.6 is 0 Å². The summed E-state index contributed by atoms with van der Waals surface area (Å²) in [7, 11) is 0. The number of nitrogens with zero attached hydrogens (tertiary/aromatic N) is 3. The Balaban J connectivity index is 1.77. The number of carbonyl (C=O) groups is 1. The number of primary amides is 1. The van der Waals surface area contributed by atoms with E-state index in [1.54, 1.807) is 0 Å². The standard InChI is InChI=1S/C17H23N5O2/c1-2-6-14-19-17(21-20-14)13-11-22(9-10-24-13)15(16(18)23)12-7-4-3-5-8-12/h3-5,7-8,13,15H,2,6,9-11H2,1H3,(H2,18,23)(H,19,20,21)/t13-,15-/m1/s1. The van der Waals surface area contributed by atoms with Crippen molar-refractivity contribution < 1.29 is 9.53 Å². The maximum Gasteiger partial charge on any atom is 0.239 e. The van der Waals surface area contributed by atoms with Gasteiger partial charge in [-0.05, 0) is 12.0 Å². The van der Waals surface area contributed by atoms with Crippen LogP contribution in [0.1, 0.15) is 42.7 Å². The minimum absolute atomic E-state index is 0.258. The molecule has 7 nitrogen and oxygen atoms in total. The number of hydrogen-bond donors (Lipinski definition) is 2. The molecule has 1 aliphatic heterocycles. The summed E-state index contributed by atoms with van der Waals surface area (Å²) in [5, 5.41) is 7.22. The predicted molar refractivity (Wildman–Crippen MR) is 89.0 cm³/mol. The molecule has 2 aromatic rings.